The van der Waals surface area contributed by atoms with Crippen LogP contribution in [0.4, 0.5) is 24.5 Å². The van der Waals surface area contributed by atoms with Crippen LogP contribution in [-0.4, -0.2) is 42.7 Å². The van der Waals surface area contributed by atoms with E-state index in [-0.39, 0.29) is 41.1 Å². The molecule has 0 radical (unpaired) electrons. The highest BCUT2D eigenvalue weighted by atomic mass is 32.2. The van der Waals surface area contributed by atoms with E-state index in [2.05, 4.69) is 10.6 Å². The summed E-state index contributed by atoms with van der Waals surface area (Å²) in [4.78, 5) is 23.1. The van der Waals surface area contributed by atoms with Gasteiger partial charge in [0.15, 0.2) is 0 Å². The molecular formula is C24H23F3N4O5S2. The SMILES string of the molecule is O=C(NCc1ccc(S(=O)(=O)N2CCC(Nc3ccc(C(F)(F)F)cc3)CC2)s1)c1ccc([N+](=O)[O-])cc1. The molecule has 38 heavy (non-hydrogen) atoms. The number of piperidine rings is 1. The van der Waals surface area contributed by atoms with Crippen LogP contribution in [0.1, 0.15) is 33.6 Å². The third-order valence-electron chi connectivity index (χ3n) is 6.03. The van der Waals surface area contributed by atoms with Gasteiger partial charge in [0.05, 0.1) is 17.0 Å². The number of alkyl halides is 3. The minimum Gasteiger partial charge on any atom is -0.382 e. The molecule has 1 amide bonds. The van der Waals surface area contributed by atoms with Crippen molar-refractivity contribution in [2.45, 2.75) is 35.8 Å². The second-order valence-electron chi connectivity index (χ2n) is 8.61. The van der Waals surface area contributed by atoms with Crippen LogP contribution in [0.25, 0.3) is 0 Å². The smallest absolute Gasteiger partial charge is 0.382 e. The van der Waals surface area contributed by atoms with E-state index in [0.29, 0.717) is 23.4 Å². The topological polar surface area (TPSA) is 122 Å². The predicted molar refractivity (Wildman–Crippen MR) is 135 cm³/mol. The highest BCUT2D eigenvalue weighted by Gasteiger charge is 2.32. The van der Waals surface area contributed by atoms with Crippen molar-refractivity contribution >= 4 is 38.6 Å². The van der Waals surface area contributed by atoms with E-state index in [0.717, 1.165) is 23.5 Å². The third-order valence-corrected chi connectivity index (χ3v) is 9.48. The van der Waals surface area contributed by atoms with Crippen LogP contribution in [0.5, 0.6) is 0 Å². The number of carbonyl (C=O) groups is 1. The molecule has 3 aromatic rings. The number of rotatable bonds is 8. The van der Waals surface area contributed by atoms with Crippen LogP contribution in [0, 0.1) is 10.1 Å². The van der Waals surface area contributed by atoms with Gasteiger partial charge in [0.25, 0.3) is 21.6 Å². The van der Waals surface area contributed by atoms with E-state index in [4.69, 9.17) is 0 Å². The Morgan fingerprint density at radius 3 is 2.24 bits per heavy atom. The summed E-state index contributed by atoms with van der Waals surface area (Å²) in [6, 6.07) is 12.9. The number of hydrogen-bond acceptors (Lipinski definition) is 7. The molecule has 1 aliphatic rings. The van der Waals surface area contributed by atoms with Gasteiger partial charge in [-0.1, -0.05) is 0 Å². The van der Waals surface area contributed by atoms with Gasteiger partial charge in [-0.25, -0.2) is 8.42 Å². The maximum atomic E-state index is 13.1. The molecule has 0 unspecified atom stereocenters. The number of amides is 1. The molecular weight excluding hydrogens is 545 g/mol. The zero-order chi connectivity index (χ0) is 27.5. The maximum Gasteiger partial charge on any atom is 0.416 e. The van der Waals surface area contributed by atoms with Crippen molar-refractivity contribution < 1.29 is 31.3 Å². The number of benzene rings is 2. The van der Waals surface area contributed by atoms with Gasteiger partial charge in [0, 0.05) is 47.4 Å². The Morgan fingerprint density at radius 1 is 1.03 bits per heavy atom. The van der Waals surface area contributed by atoms with Crippen molar-refractivity contribution in [2.75, 3.05) is 18.4 Å². The standard InChI is InChI=1S/C24H23F3N4O5S2/c25-24(26,27)17-3-5-18(6-4-17)29-19-11-13-30(14-12-19)38(35,36)22-10-9-21(37-22)15-28-23(32)16-1-7-20(8-2-16)31(33)34/h1-10,19,29H,11-15H2,(H,28,32). The summed E-state index contributed by atoms with van der Waals surface area (Å²) < 4.78 is 66.0. The van der Waals surface area contributed by atoms with Crippen LogP contribution in [-0.2, 0) is 22.7 Å². The van der Waals surface area contributed by atoms with Gasteiger partial charge in [0.1, 0.15) is 4.21 Å². The summed E-state index contributed by atoms with van der Waals surface area (Å²) in [5.74, 6) is -0.444. The molecule has 2 N–H and O–H groups in total. The molecule has 14 heteroatoms. The van der Waals surface area contributed by atoms with Gasteiger partial charge in [-0.05, 0) is 61.4 Å². The first kappa shape index (κ1) is 27.5. The molecule has 2 aromatic carbocycles. The largest absolute Gasteiger partial charge is 0.416 e. The number of nitro benzene ring substituents is 1. The number of thiophene rings is 1. The van der Waals surface area contributed by atoms with Gasteiger partial charge in [-0.15, -0.1) is 11.3 Å². The number of carbonyl (C=O) groups excluding carboxylic acids is 1. The van der Waals surface area contributed by atoms with E-state index in [9.17, 15) is 36.5 Å². The number of non-ortho nitro benzene ring substituents is 1. The number of halogens is 3. The first-order valence-electron chi connectivity index (χ1n) is 11.5. The predicted octanol–water partition coefficient (Wildman–Crippen LogP) is 4.87. The van der Waals surface area contributed by atoms with Crippen molar-refractivity contribution in [2.24, 2.45) is 0 Å². The van der Waals surface area contributed by atoms with Crippen LogP contribution < -0.4 is 10.6 Å². The van der Waals surface area contributed by atoms with Gasteiger partial charge in [-0.3, -0.25) is 14.9 Å². The fourth-order valence-electron chi connectivity index (χ4n) is 3.95. The third kappa shape index (κ3) is 6.49. The summed E-state index contributed by atoms with van der Waals surface area (Å²) >= 11 is 1.04. The van der Waals surface area contributed by atoms with E-state index >= 15 is 0 Å². The number of nitro groups is 1. The Labute approximate surface area is 220 Å². The molecule has 0 aliphatic carbocycles. The number of nitrogens with one attached hydrogen (secondary N) is 2. The number of nitrogens with zero attached hydrogens (tertiary/aromatic N) is 2. The summed E-state index contributed by atoms with van der Waals surface area (Å²) in [5, 5.41) is 16.6. The molecule has 0 atom stereocenters. The zero-order valence-electron chi connectivity index (χ0n) is 19.8. The first-order chi connectivity index (χ1) is 17.9. The van der Waals surface area contributed by atoms with Crippen LogP contribution in [0.15, 0.2) is 64.9 Å². The van der Waals surface area contributed by atoms with Crippen LogP contribution in [0.2, 0.25) is 0 Å². The molecule has 0 bridgehead atoms. The molecule has 0 spiro atoms. The number of sulfonamides is 1. The molecule has 202 valence electrons. The Bertz CT molecular complexity index is 1400. The monoisotopic (exact) mass is 568 g/mol. The van der Waals surface area contributed by atoms with Crippen molar-refractivity contribution in [1.82, 2.24) is 9.62 Å². The van der Waals surface area contributed by atoms with E-state index in [1.165, 1.54) is 46.8 Å². The molecule has 0 saturated carbocycles. The number of hydrogen-bond donors (Lipinski definition) is 2. The molecule has 9 nitrogen and oxygen atoms in total. The lowest BCUT2D eigenvalue weighted by Crippen LogP contribution is -2.42. The number of anilines is 1. The van der Waals surface area contributed by atoms with E-state index in [1.54, 1.807) is 6.07 Å². The Kier molecular flexibility index (Phi) is 8.04. The zero-order valence-corrected chi connectivity index (χ0v) is 21.4. The van der Waals surface area contributed by atoms with Gasteiger partial charge < -0.3 is 10.6 Å². The van der Waals surface area contributed by atoms with Gasteiger partial charge >= 0.3 is 6.18 Å². The van der Waals surface area contributed by atoms with Crippen molar-refractivity contribution in [3.8, 4) is 0 Å². The fraction of sp³-hybridized carbons (Fsp3) is 0.292. The summed E-state index contributed by atoms with van der Waals surface area (Å²) in [6.45, 7) is 0.602. The second-order valence-corrected chi connectivity index (χ2v) is 11.9. The van der Waals surface area contributed by atoms with Crippen molar-refractivity contribution in [3.63, 3.8) is 0 Å². The van der Waals surface area contributed by atoms with E-state index in [1.807, 2.05) is 0 Å². The average molecular weight is 569 g/mol. The molecule has 1 aromatic heterocycles. The minimum atomic E-state index is -4.40. The molecule has 4 rings (SSSR count). The molecule has 2 heterocycles. The highest BCUT2D eigenvalue weighted by molar-refractivity contribution is 7.91. The Balaban J connectivity index is 1.29. The Morgan fingerprint density at radius 2 is 1.66 bits per heavy atom. The lowest BCUT2D eigenvalue weighted by Gasteiger charge is -2.31. The highest BCUT2D eigenvalue weighted by Crippen LogP contribution is 2.31. The quantitative estimate of drug-likeness (QED) is 0.295. The lowest BCUT2D eigenvalue weighted by atomic mass is 10.1. The summed E-state index contributed by atoms with van der Waals surface area (Å²) in [6.07, 6.45) is -3.42. The fourth-order valence-corrected chi connectivity index (χ4v) is 6.87. The summed E-state index contributed by atoms with van der Waals surface area (Å²) in [5.41, 5.74) is -0.0787. The first-order valence-corrected chi connectivity index (χ1v) is 13.7. The van der Waals surface area contributed by atoms with Crippen LogP contribution in [0.3, 0.4) is 0 Å². The average Bonchev–Trinajstić information content (AvgIpc) is 3.37. The maximum absolute atomic E-state index is 13.1. The summed E-state index contributed by atoms with van der Waals surface area (Å²) in [7, 11) is -3.74. The van der Waals surface area contributed by atoms with Crippen molar-refractivity contribution in [1.29, 1.82) is 0 Å². The minimum absolute atomic E-state index is 0.0771. The normalized spacial score (nSPS) is 15.2. The molecule has 1 saturated heterocycles. The molecule has 1 aliphatic heterocycles. The Hall–Kier alpha value is -3.49. The van der Waals surface area contributed by atoms with Gasteiger partial charge in [-0.2, -0.15) is 17.5 Å². The lowest BCUT2D eigenvalue weighted by molar-refractivity contribution is -0.384. The van der Waals surface area contributed by atoms with E-state index < -0.39 is 32.6 Å². The molecule has 1 fully saturated rings. The van der Waals surface area contributed by atoms with Crippen molar-refractivity contribution in [3.05, 3.63) is 86.8 Å². The second kappa shape index (κ2) is 11.1. The van der Waals surface area contributed by atoms with Gasteiger partial charge in [0.2, 0.25) is 0 Å². The van der Waals surface area contributed by atoms with Crippen LogP contribution >= 0.6 is 11.3 Å².